The number of hydrogen-bond donors (Lipinski definition) is 0. The Morgan fingerprint density at radius 3 is 1.93 bits per heavy atom. The van der Waals surface area contributed by atoms with Crippen LogP contribution in [0.4, 0.5) is 18.9 Å². The molecule has 3 aromatic carbocycles. The van der Waals surface area contributed by atoms with Crippen LogP contribution < -0.4 is 14.4 Å². The predicted molar refractivity (Wildman–Crippen MR) is 110 cm³/mol. The smallest absolute Gasteiger partial charge is 0.413 e. The molecule has 0 aliphatic carbocycles. The Labute approximate surface area is 173 Å². The SMILES string of the molecule is COc1ccc(C2Cc3ccccc3C(C(F)(F)F)N2c2ccc(OC)cc2)cc1. The van der Waals surface area contributed by atoms with E-state index in [-0.39, 0.29) is 0 Å². The van der Waals surface area contributed by atoms with Crippen LogP contribution in [0.3, 0.4) is 0 Å². The van der Waals surface area contributed by atoms with Crippen LogP contribution in [0, 0.1) is 0 Å². The van der Waals surface area contributed by atoms with Crippen molar-refractivity contribution in [3.05, 3.63) is 89.5 Å². The third-order valence-electron chi connectivity index (χ3n) is 5.56. The summed E-state index contributed by atoms with van der Waals surface area (Å²) in [6.45, 7) is 0. The Morgan fingerprint density at radius 1 is 0.800 bits per heavy atom. The standard InChI is InChI=1S/C24H22F3NO2/c1-29-19-11-7-16(8-12-19)22-15-17-5-3-4-6-21(17)23(24(25,26)27)28(22)18-9-13-20(30-2)14-10-18/h3-14,22-23H,15H2,1-2H3. The minimum atomic E-state index is -4.44. The van der Waals surface area contributed by atoms with E-state index >= 15 is 0 Å². The van der Waals surface area contributed by atoms with Crippen LogP contribution in [-0.2, 0) is 6.42 Å². The summed E-state index contributed by atoms with van der Waals surface area (Å²) in [6.07, 6.45) is -3.97. The molecule has 2 unspecified atom stereocenters. The minimum Gasteiger partial charge on any atom is -0.497 e. The summed E-state index contributed by atoms with van der Waals surface area (Å²) in [4.78, 5) is 1.48. The summed E-state index contributed by atoms with van der Waals surface area (Å²) in [6, 6.07) is 18.6. The molecule has 0 radical (unpaired) electrons. The van der Waals surface area contributed by atoms with Crippen LogP contribution in [0.2, 0.25) is 0 Å². The number of halogens is 3. The fourth-order valence-electron chi connectivity index (χ4n) is 4.15. The summed E-state index contributed by atoms with van der Waals surface area (Å²) in [5.74, 6) is 1.26. The summed E-state index contributed by atoms with van der Waals surface area (Å²) in [5.41, 5.74) is 2.31. The van der Waals surface area contributed by atoms with E-state index in [1.807, 2.05) is 12.1 Å². The second kappa shape index (κ2) is 7.94. The lowest BCUT2D eigenvalue weighted by Gasteiger charge is -2.45. The number of hydrogen-bond acceptors (Lipinski definition) is 3. The minimum absolute atomic E-state index is 0.297. The largest absolute Gasteiger partial charge is 0.497 e. The summed E-state index contributed by atoms with van der Waals surface area (Å²) < 4.78 is 53.7. The van der Waals surface area contributed by atoms with E-state index in [0.717, 1.165) is 5.56 Å². The zero-order valence-electron chi connectivity index (χ0n) is 16.7. The van der Waals surface area contributed by atoms with Crippen LogP contribution in [0.5, 0.6) is 11.5 Å². The van der Waals surface area contributed by atoms with Crippen molar-refractivity contribution in [2.75, 3.05) is 19.1 Å². The number of fused-ring (bicyclic) bond motifs is 1. The zero-order valence-corrected chi connectivity index (χ0v) is 16.7. The number of nitrogens with zero attached hydrogens (tertiary/aromatic N) is 1. The van der Waals surface area contributed by atoms with Crippen LogP contribution in [0.15, 0.2) is 72.8 Å². The molecule has 0 aromatic heterocycles. The number of ether oxygens (including phenoxy) is 2. The van der Waals surface area contributed by atoms with Gasteiger partial charge in [0.15, 0.2) is 6.04 Å². The molecule has 2 atom stereocenters. The molecule has 6 heteroatoms. The quantitative estimate of drug-likeness (QED) is 0.515. The van der Waals surface area contributed by atoms with Crippen molar-refractivity contribution >= 4 is 5.69 Å². The molecule has 0 fully saturated rings. The average molecular weight is 413 g/mol. The lowest BCUT2D eigenvalue weighted by Crippen LogP contribution is -2.45. The van der Waals surface area contributed by atoms with Crippen molar-refractivity contribution in [2.45, 2.75) is 24.7 Å². The molecule has 3 aromatic rings. The fraction of sp³-hybridized carbons (Fsp3) is 0.250. The van der Waals surface area contributed by atoms with E-state index in [9.17, 15) is 13.2 Å². The van der Waals surface area contributed by atoms with Crippen molar-refractivity contribution in [2.24, 2.45) is 0 Å². The lowest BCUT2D eigenvalue weighted by atomic mass is 9.84. The first-order valence-electron chi connectivity index (χ1n) is 9.63. The summed E-state index contributed by atoms with van der Waals surface area (Å²) >= 11 is 0. The Kier molecular flexibility index (Phi) is 5.33. The summed E-state index contributed by atoms with van der Waals surface area (Å²) in [7, 11) is 3.10. The van der Waals surface area contributed by atoms with Crippen LogP contribution in [0.25, 0.3) is 0 Å². The normalized spacial score (nSPS) is 18.6. The molecule has 0 N–H and O–H groups in total. The number of rotatable bonds is 4. The van der Waals surface area contributed by atoms with E-state index in [1.54, 1.807) is 67.8 Å². The monoisotopic (exact) mass is 413 g/mol. The van der Waals surface area contributed by atoms with Crippen molar-refractivity contribution in [3.63, 3.8) is 0 Å². The fourth-order valence-corrected chi connectivity index (χ4v) is 4.15. The van der Waals surface area contributed by atoms with E-state index in [1.165, 1.54) is 12.0 Å². The first kappa shape index (κ1) is 20.1. The molecule has 30 heavy (non-hydrogen) atoms. The van der Waals surface area contributed by atoms with Gasteiger partial charge in [-0.1, -0.05) is 36.4 Å². The first-order chi connectivity index (χ1) is 14.4. The molecule has 3 nitrogen and oxygen atoms in total. The van der Waals surface area contributed by atoms with E-state index in [4.69, 9.17) is 9.47 Å². The molecule has 1 aliphatic rings. The Morgan fingerprint density at radius 2 is 1.37 bits per heavy atom. The van der Waals surface area contributed by atoms with E-state index in [0.29, 0.717) is 34.7 Å². The second-order valence-electron chi connectivity index (χ2n) is 7.24. The van der Waals surface area contributed by atoms with E-state index in [2.05, 4.69) is 0 Å². The number of alkyl halides is 3. The van der Waals surface area contributed by atoms with Gasteiger partial charge in [0.1, 0.15) is 11.5 Å². The third kappa shape index (κ3) is 3.70. The van der Waals surface area contributed by atoms with Gasteiger partial charge < -0.3 is 14.4 Å². The molecular weight excluding hydrogens is 391 g/mol. The first-order valence-corrected chi connectivity index (χ1v) is 9.63. The van der Waals surface area contributed by atoms with Gasteiger partial charge in [0, 0.05) is 5.69 Å². The third-order valence-corrected chi connectivity index (χ3v) is 5.56. The van der Waals surface area contributed by atoms with Crippen LogP contribution in [-0.4, -0.2) is 20.4 Å². The van der Waals surface area contributed by atoms with Crippen molar-refractivity contribution in [1.82, 2.24) is 0 Å². The van der Waals surface area contributed by atoms with Gasteiger partial charge in [0.25, 0.3) is 0 Å². The highest BCUT2D eigenvalue weighted by Crippen LogP contribution is 2.50. The zero-order chi connectivity index (χ0) is 21.3. The van der Waals surface area contributed by atoms with Gasteiger partial charge in [-0.15, -0.1) is 0 Å². The molecule has 1 aliphatic heterocycles. The Bertz CT molecular complexity index is 1000. The van der Waals surface area contributed by atoms with Crippen molar-refractivity contribution < 1.29 is 22.6 Å². The van der Waals surface area contributed by atoms with Crippen LogP contribution in [0.1, 0.15) is 28.8 Å². The van der Waals surface area contributed by atoms with Crippen LogP contribution >= 0.6 is 0 Å². The highest BCUT2D eigenvalue weighted by atomic mass is 19.4. The number of anilines is 1. The van der Waals surface area contributed by atoms with Gasteiger partial charge in [-0.25, -0.2) is 0 Å². The molecule has 0 spiro atoms. The topological polar surface area (TPSA) is 21.7 Å². The average Bonchev–Trinajstić information content (AvgIpc) is 2.77. The van der Waals surface area contributed by atoms with E-state index < -0.39 is 18.3 Å². The van der Waals surface area contributed by atoms with Gasteiger partial charge in [-0.3, -0.25) is 0 Å². The molecule has 1 heterocycles. The number of benzene rings is 3. The molecule has 0 saturated carbocycles. The van der Waals surface area contributed by atoms with Gasteiger partial charge in [-0.05, 0) is 59.5 Å². The maximum absolute atomic E-state index is 14.4. The second-order valence-corrected chi connectivity index (χ2v) is 7.24. The molecule has 0 saturated heterocycles. The van der Waals surface area contributed by atoms with Gasteiger partial charge in [-0.2, -0.15) is 13.2 Å². The maximum Gasteiger partial charge on any atom is 0.413 e. The molecular formula is C24H22F3NO2. The van der Waals surface area contributed by atoms with Gasteiger partial charge in [0.05, 0.1) is 20.3 Å². The molecule has 0 amide bonds. The van der Waals surface area contributed by atoms with Gasteiger partial charge in [0.2, 0.25) is 0 Å². The van der Waals surface area contributed by atoms with Gasteiger partial charge >= 0.3 is 6.18 Å². The Hall–Kier alpha value is -3.15. The van der Waals surface area contributed by atoms with Crippen molar-refractivity contribution in [1.29, 1.82) is 0 Å². The molecule has 0 bridgehead atoms. The highest BCUT2D eigenvalue weighted by Gasteiger charge is 2.50. The maximum atomic E-state index is 14.4. The predicted octanol–water partition coefficient (Wildman–Crippen LogP) is 6.11. The molecule has 156 valence electrons. The molecule has 4 rings (SSSR count). The summed E-state index contributed by atoms with van der Waals surface area (Å²) in [5, 5.41) is 0. The lowest BCUT2D eigenvalue weighted by molar-refractivity contribution is -0.153. The Balaban J connectivity index is 1.89. The van der Waals surface area contributed by atoms with Crippen molar-refractivity contribution in [3.8, 4) is 11.5 Å². The number of methoxy groups -OCH3 is 2. The highest BCUT2D eigenvalue weighted by molar-refractivity contribution is 5.57.